The first-order valence-electron chi connectivity index (χ1n) is 8.11. The molecular formula is C17H16N2O6S3. The molecule has 1 N–H and O–H groups in total. The van der Waals surface area contributed by atoms with Crippen molar-refractivity contribution in [1.29, 1.82) is 5.26 Å². The standard InChI is InChI=1S/C17H16N2O6S3/c18-11-13-3-1-4-14(9-13)19-28(24,25)16-6-2-5-15(10-16)27(22,23)17-7-8-26(20,21)12-17/h1-6,9-10,17,19H,7-8,12H2. The number of nitriles is 1. The Bertz CT molecular complexity index is 1280. The Morgan fingerprint density at radius 2 is 1.68 bits per heavy atom. The summed E-state index contributed by atoms with van der Waals surface area (Å²) < 4.78 is 76.2. The van der Waals surface area contributed by atoms with Crippen molar-refractivity contribution in [1.82, 2.24) is 0 Å². The van der Waals surface area contributed by atoms with Crippen LogP contribution in [0.25, 0.3) is 0 Å². The van der Waals surface area contributed by atoms with E-state index in [1.807, 2.05) is 6.07 Å². The maximum absolute atomic E-state index is 12.7. The van der Waals surface area contributed by atoms with Crippen LogP contribution in [0.4, 0.5) is 5.69 Å². The van der Waals surface area contributed by atoms with Crippen LogP contribution >= 0.6 is 0 Å². The molecule has 0 spiro atoms. The van der Waals surface area contributed by atoms with Gasteiger partial charge in [0.2, 0.25) is 0 Å². The first-order chi connectivity index (χ1) is 13.0. The van der Waals surface area contributed by atoms with Crippen molar-refractivity contribution in [2.24, 2.45) is 0 Å². The molecule has 0 aromatic heterocycles. The lowest BCUT2D eigenvalue weighted by atomic mass is 10.2. The maximum atomic E-state index is 12.7. The van der Waals surface area contributed by atoms with Crippen molar-refractivity contribution in [3.8, 4) is 6.07 Å². The molecule has 8 nitrogen and oxygen atoms in total. The number of rotatable bonds is 5. The molecule has 0 amide bonds. The molecule has 0 bridgehead atoms. The number of benzene rings is 2. The van der Waals surface area contributed by atoms with E-state index in [0.717, 1.165) is 6.07 Å². The molecule has 0 aliphatic carbocycles. The van der Waals surface area contributed by atoms with E-state index in [1.54, 1.807) is 0 Å². The average Bonchev–Trinajstić information content (AvgIpc) is 3.02. The molecule has 11 heteroatoms. The van der Waals surface area contributed by atoms with Gasteiger partial charge in [0.05, 0.1) is 43.9 Å². The van der Waals surface area contributed by atoms with Gasteiger partial charge in [-0.3, -0.25) is 4.72 Å². The predicted molar refractivity (Wildman–Crippen MR) is 103 cm³/mol. The van der Waals surface area contributed by atoms with Crippen LogP contribution in [0.15, 0.2) is 58.3 Å². The molecule has 1 aliphatic heterocycles. The Labute approximate surface area is 163 Å². The van der Waals surface area contributed by atoms with Gasteiger partial charge in [-0.05, 0) is 42.8 Å². The van der Waals surface area contributed by atoms with E-state index >= 15 is 0 Å². The van der Waals surface area contributed by atoms with Crippen LogP contribution in [0.1, 0.15) is 12.0 Å². The number of nitrogens with one attached hydrogen (secondary N) is 1. The summed E-state index contributed by atoms with van der Waals surface area (Å²) in [5, 5.41) is 7.82. The number of hydrogen-bond acceptors (Lipinski definition) is 7. The van der Waals surface area contributed by atoms with Crippen LogP contribution < -0.4 is 4.72 Å². The molecule has 1 atom stereocenters. The van der Waals surface area contributed by atoms with E-state index in [9.17, 15) is 25.3 Å². The van der Waals surface area contributed by atoms with Gasteiger partial charge in [-0.2, -0.15) is 5.26 Å². The molecule has 3 rings (SSSR count). The van der Waals surface area contributed by atoms with E-state index < -0.39 is 40.7 Å². The summed E-state index contributed by atoms with van der Waals surface area (Å²) in [4.78, 5) is -0.528. The number of sulfone groups is 2. The highest BCUT2D eigenvalue weighted by molar-refractivity contribution is 7.96. The molecule has 1 unspecified atom stereocenters. The van der Waals surface area contributed by atoms with Crippen molar-refractivity contribution in [2.45, 2.75) is 21.5 Å². The van der Waals surface area contributed by atoms with Crippen LogP contribution in [0.5, 0.6) is 0 Å². The summed E-state index contributed by atoms with van der Waals surface area (Å²) in [6.07, 6.45) is -0.0130. The van der Waals surface area contributed by atoms with Gasteiger partial charge in [-0.25, -0.2) is 25.3 Å². The number of hydrogen-bond donors (Lipinski definition) is 1. The third-order valence-electron chi connectivity index (χ3n) is 4.32. The third-order valence-corrected chi connectivity index (χ3v) is 9.87. The Morgan fingerprint density at radius 1 is 1.00 bits per heavy atom. The highest BCUT2D eigenvalue weighted by Gasteiger charge is 2.38. The topological polar surface area (TPSA) is 138 Å². The molecule has 1 aliphatic rings. The highest BCUT2D eigenvalue weighted by Crippen LogP contribution is 2.27. The lowest BCUT2D eigenvalue weighted by Crippen LogP contribution is -2.23. The number of sulfonamides is 1. The van der Waals surface area contributed by atoms with Crippen molar-refractivity contribution in [3.05, 3.63) is 54.1 Å². The summed E-state index contributed by atoms with van der Waals surface area (Å²) in [5.41, 5.74) is 0.424. The Morgan fingerprint density at radius 3 is 2.32 bits per heavy atom. The average molecular weight is 441 g/mol. The van der Waals surface area contributed by atoms with Gasteiger partial charge < -0.3 is 0 Å². The van der Waals surface area contributed by atoms with Gasteiger partial charge in [0.1, 0.15) is 0 Å². The molecule has 28 heavy (non-hydrogen) atoms. The fourth-order valence-electron chi connectivity index (χ4n) is 2.88. The Hall–Kier alpha value is -2.42. The SMILES string of the molecule is N#Cc1cccc(NS(=O)(=O)c2cccc(S(=O)(=O)C3CCS(=O)(=O)C3)c2)c1. The lowest BCUT2D eigenvalue weighted by Gasteiger charge is -2.12. The molecular weight excluding hydrogens is 424 g/mol. The highest BCUT2D eigenvalue weighted by atomic mass is 32.2. The van der Waals surface area contributed by atoms with Crippen LogP contribution in [-0.4, -0.2) is 42.0 Å². The van der Waals surface area contributed by atoms with Gasteiger partial charge in [0.25, 0.3) is 10.0 Å². The Balaban J connectivity index is 1.93. The Kier molecular flexibility index (Phi) is 5.22. The zero-order valence-electron chi connectivity index (χ0n) is 14.4. The molecule has 2 aromatic carbocycles. The summed E-state index contributed by atoms with van der Waals surface area (Å²) in [6.45, 7) is 0. The zero-order chi connectivity index (χ0) is 20.6. The molecule has 1 saturated heterocycles. The normalized spacial score (nSPS) is 19.0. The maximum Gasteiger partial charge on any atom is 0.261 e. The lowest BCUT2D eigenvalue weighted by molar-refractivity contribution is 0.582. The van der Waals surface area contributed by atoms with Crippen molar-refractivity contribution >= 4 is 35.4 Å². The number of nitrogens with zero attached hydrogens (tertiary/aromatic N) is 1. The molecule has 148 valence electrons. The second-order valence-corrected chi connectivity index (χ2v) is 12.5. The smallest absolute Gasteiger partial charge is 0.261 e. The molecule has 1 heterocycles. The fourth-order valence-corrected chi connectivity index (χ4v) is 8.46. The van der Waals surface area contributed by atoms with Gasteiger partial charge in [-0.15, -0.1) is 0 Å². The largest absolute Gasteiger partial charge is 0.280 e. The van der Waals surface area contributed by atoms with E-state index in [0.29, 0.717) is 0 Å². The molecule has 0 saturated carbocycles. The van der Waals surface area contributed by atoms with Crippen molar-refractivity contribution in [2.75, 3.05) is 16.2 Å². The second kappa shape index (κ2) is 7.20. The van der Waals surface area contributed by atoms with Crippen LogP contribution in [0, 0.1) is 11.3 Å². The minimum absolute atomic E-state index is 0.0130. The van der Waals surface area contributed by atoms with E-state index in [1.165, 1.54) is 42.5 Å². The van der Waals surface area contributed by atoms with Gasteiger partial charge in [0, 0.05) is 0 Å². The second-order valence-electron chi connectivity index (χ2n) is 6.34. The van der Waals surface area contributed by atoms with E-state index in [4.69, 9.17) is 5.26 Å². The minimum atomic E-state index is -4.11. The first kappa shape index (κ1) is 20.3. The number of anilines is 1. The summed E-state index contributed by atoms with van der Waals surface area (Å²) in [5.74, 6) is -0.669. The summed E-state index contributed by atoms with van der Waals surface area (Å²) in [6, 6.07) is 12.5. The van der Waals surface area contributed by atoms with E-state index in [-0.39, 0.29) is 33.2 Å². The van der Waals surface area contributed by atoms with Crippen LogP contribution in [-0.2, 0) is 29.7 Å². The van der Waals surface area contributed by atoms with Crippen LogP contribution in [0.3, 0.4) is 0 Å². The van der Waals surface area contributed by atoms with Crippen LogP contribution in [0.2, 0.25) is 0 Å². The predicted octanol–water partition coefficient (Wildman–Crippen LogP) is 1.32. The van der Waals surface area contributed by atoms with Crippen molar-refractivity contribution < 1.29 is 25.3 Å². The van der Waals surface area contributed by atoms with Gasteiger partial charge in [-0.1, -0.05) is 12.1 Å². The molecule has 0 radical (unpaired) electrons. The van der Waals surface area contributed by atoms with E-state index in [2.05, 4.69) is 4.72 Å². The third kappa shape index (κ3) is 4.19. The van der Waals surface area contributed by atoms with Crippen molar-refractivity contribution in [3.63, 3.8) is 0 Å². The molecule has 1 fully saturated rings. The fraction of sp³-hybridized carbons (Fsp3) is 0.235. The minimum Gasteiger partial charge on any atom is -0.280 e. The summed E-state index contributed by atoms with van der Waals surface area (Å²) in [7, 11) is -11.5. The summed E-state index contributed by atoms with van der Waals surface area (Å²) >= 11 is 0. The first-order valence-corrected chi connectivity index (χ1v) is 13.0. The molecule has 2 aromatic rings. The van der Waals surface area contributed by atoms with Gasteiger partial charge >= 0.3 is 0 Å². The van der Waals surface area contributed by atoms with Gasteiger partial charge in [0.15, 0.2) is 19.7 Å². The monoisotopic (exact) mass is 440 g/mol. The zero-order valence-corrected chi connectivity index (χ0v) is 16.9. The quantitative estimate of drug-likeness (QED) is 0.740.